The largest absolute Gasteiger partial charge is 0.453 e. The van der Waals surface area contributed by atoms with Crippen LogP contribution in [0.3, 0.4) is 0 Å². The molecule has 0 fully saturated rings. The third-order valence-electron chi connectivity index (χ3n) is 2.14. The highest BCUT2D eigenvalue weighted by atomic mass is 32.2. The van der Waals surface area contributed by atoms with Crippen molar-refractivity contribution >= 4 is 46.6 Å². The Morgan fingerprint density at radius 2 is 2.33 bits per heavy atom. The Labute approximate surface area is 130 Å². The minimum absolute atomic E-state index is 0.103. The number of nitro benzene ring substituents is 1. The standard InChI is InChI=1S/C12H11N3O4S2/c1-3-6-21-8-4-5-9(10(7-8)15(17)18)13-11(20)14-12(16)19-2/h1,4-5,7H,6H2,2H3,(H2,13,14,16,20). The van der Waals surface area contributed by atoms with Crippen LogP contribution in [0.5, 0.6) is 0 Å². The number of carbonyl (C=O) groups is 1. The number of amides is 1. The van der Waals surface area contributed by atoms with Gasteiger partial charge < -0.3 is 10.1 Å². The van der Waals surface area contributed by atoms with E-state index in [0.717, 1.165) is 0 Å². The van der Waals surface area contributed by atoms with Gasteiger partial charge in [-0.15, -0.1) is 18.2 Å². The lowest BCUT2D eigenvalue weighted by molar-refractivity contribution is -0.384. The Morgan fingerprint density at radius 1 is 1.62 bits per heavy atom. The first-order valence-corrected chi connectivity index (χ1v) is 6.88. The topological polar surface area (TPSA) is 93.5 Å². The van der Waals surface area contributed by atoms with Crippen molar-refractivity contribution in [3.63, 3.8) is 0 Å². The van der Waals surface area contributed by atoms with Gasteiger partial charge in [0.1, 0.15) is 5.69 Å². The summed E-state index contributed by atoms with van der Waals surface area (Å²) in [6, 6.07) is 4.53. The van der Waals surface area contributed by atoms with Crippen LogP contribution in [0.1, 0.15) is 0 Å². The lowest BCUT2D eigenvalue weighted by Gasteiger charge is -2.09. The Morgan fingerprint density at radius 3 is 2.90 bits per heavy atom. The molecule has 0 atom stereocenters. The molecule has 0 aliphatic heterocycles. The van der Waals surface area contributed by atoms with Gasteiger partial charge in [-0.05, 0) is 24.4 Å². The summed E-state index contributed by atoms with van der Waals surface area (Å²) in [6.45, 7) is 0. The first kappa shape index (κ1) is 16.7. The molecule has 0 spiro atoms. The van der Waals surface area contributed by atoms with E-state index >= 15 is 0 Å². The molecular formula is C12H11N3O4S2. The summed E-state index contributed by atoms with van der Waals surface area (Å²) in [5.74, 6) is 2.84. The number of benzene rings is 1. The maximum Gasteiger partial charge on any atom is 0.413 e. The number of thioether (sulfide) groups is 1. The molecule has 2 N–H and O–H groups in total. The number of nitrogens with zero attached hydrogens (tertiary/aromatic N) is 1. The molecule has 0 aliphatic rings. The van der Waals surface area contributed by atoms with Crippen molar-refractivity contribution in [1.29, 1.82) is 0 Å². The van der Waals surface area contributed by atoms with Crippen LogP contribution in [0.2, 0.25) is 0 Å². The molecule has 0 bridgehead atoms. The van der Waals surface area contributed by atoms with E-state index < -0.39 is 11.0 Å². The average molecular weight is 325 g/mol. The predicted octanol–water partition coefficient (Wildman–Crippen LogP) is 2.37. The third kappa shape index (κ3) is 5.29. The first-order valence-electron chi connectivity index (χ1n) is 5.48. The molecule has 1 aromatic carbocycles. The van der Waals surface area contributed by atoms with E-state index in [4.69, 9.17) is 18.6 Å². The highest BCUT2D eigenvalue weighted by Crippen LogP contribution is 2.30. The third-order valence-corrected chi connectivity index (χ3v) is 3.24. The number of anilines is 1. The molecule has 0 radical (unpaired) electrons. The SMILES string of the molecule is C#CCSc1ccc(NC(=S)NC(=O)OC)c([N+](=O)[O-])c1. The zero-order valence-corrected chi connectivity index (χ0v) is 12.5. The average Bonchev–Trinajstić information content (AvgIpc) is 2.45. The Kier molecular flexibility index (Phi) is 6.45. The van der Waals surface area contributed by atoms with E-state index in [-0.39, 0.29) is 16.5 Å². The number of nitrogens with one attached hydrogen (secondary N) is 2. The molecule has 1 rings (SSSR count). The summed E-state index contributed by atoms with van der Waals surface area (Å²) in [5.41, 5.74) is -0.0162. The second-order valence-electron chi connectivity index (χ2n) is 3.50. The summed E-state index contributed by atoms with van der Waals surface area (Å²) in [4.78, 5) is 22.2. The van der Waals surface area contributed by atoms with E-state index in [1.165, 1.54) is 31.0 Å². The van der Waals surface area contributed by atoms with Crippen molar-refractivity contribution in [2.75, 3.05) is 18.2 Å². The van der Waals surface area contributed by atoms with Gasteiger partial charge in [-0.25, -0.2) is 4.79 Å². The lowest BCUT2D eigenvalue weighted by Crippen LogP contribution is -2.34. The number of hydrogen-bond acceptors (Lipinski definition) is 6. The maximum atomic E-state index is 11.1. The van der Waals surface area contributed by atoms with Gasteiger partial charge in [0.05, 0.1) is 17.8 Å². The fourth-order valence-electron chi connectivity index (χ4n) is 1.28. The van der Waals surface area contributed by atoms with Gasteiger partial charge in [0.2, 0.25) is 0 Å². The van der Waals surface area contributed by atoms with Gasteiger partial charge in [0.25, 0.3) is 5.69 Å². The van der Waals surface area contributed by atoms with Crippen molar-refractivity contribution in [2.24, 2.45) is 0 Å². The summed E-state index contributed by atoms with van der Waals surface area (Å²) in [5, 5.41) is 15.7. The number of alkyl carbamates (subject to hydrolysis) is 1. The molecule has 110 valence electrons. The van der Waals surface area contributed by atoms with Crippen molar-refractivity contribution in [2.45, 2.75) is 4.90 Å². The second kappa shape index (κ2) is 8.08. The van der Waals surface area contributed by atoms with E-state index in [0.29, 0.717) is 10.6 Å². The number of thiocarbonyl (C=S) groups is 1. The molecule has 1 amide bonds. The van der Waals surface area contributed by atoms with Crippen molar-refractivity contribution < 1.29 is 14.5 Å². The molecule has 0 heterocycles. The van der Waals surface area contributed by atoms with Crippen LogP contribution in [0.15, 0.2) is 23.1 Å². The summed E-state index contributed by atoms with van der Waals surface area (Å²) < 4.78 is 4.37. The molecule has 0 saturated heterocycles. The van der Waals surface area contributed by atoms with Crippen LogP contribution in [-0.2, 0) is 4.74 Å². The smallest absolute Gasteiger partial charge is 0.413 e. The normalized spacial score (nSPS) is 9.33. The summed E-state index contributed by atoms with van der Waals surface area (Å²) in [6.07, 6.45) is 4.38. The number of nitro groups is 1. The fourth-order valence-corrected chi connectivity index (χ4v) is 2.08. The molecular weight excluding hydrogens is 314 g/mol. The highest BCUT2D eigenvalue weighted by molar-refractivity contribution is 7.99. The van der Waals surface area contributed by atoms with Gasteiger partial charge in [0.15, 0.2) is 5.11 Å². The minimum Gasteiger partial charge on any atom is -0.453 e. The van der Waals surface area contributed by atoms with Gasteiger partial charge in [-0.1, -0.05) is 5.92 Å². The van der Waals surface area contributed by atoms with Crippen molar-refractivity contribution in [1.82, 2.24) is 5.32 Å². The number of carbonyl (C=O) groups excluding carboxylic acids is 1. The number of terminal acetylenes is 1. The van der Waals surface area contributed by atoms with E-state index in [2.05, 4.69) is 21.3 Å². The van der Waals surface area contributed by atoms with Crippen molar-refractivity contribution in [3.05, 3.63) is 28.3 Å². The van der Waals surface area contributed by atoms with Crippen molar-refractivity contribution in [3.8, 4) is 12.3 Å². The molecule has 0 unspecified atom stereocenters. The van der Waals surface area contributed by atoms with Gasteiger partial charge >= 0.3 is 6.09 Å². The highest BCUT2D eigenvalue weighted by Gasteiger charge is 2.16. The van der Waals surface area contributed by atoms with E-state index in [1.54, 1.807) is 6.07 Å². The van der Waals surface area contributed by atoms with Crippen LogP contribution in [-0.4, -0.2) is 29.0 Å². The Bertz CT molecular complexity index is 613. The summed E-state index contributed by atoms with van der Waals surface area (Å²) >= 11 is 6.15. The second-order valence-corrected chi connectivity index (χ2v) is 4.96. The maximum absolute atomic E-state index is 11.1. The van der Waals surface area contributed by atoms with E-state index in [9.17, 15) is 14.9 Å². The Hall–Kier alpha value is -2.31. The summed E-state index contributed by atoms with van der Waals surface area (Å²) in [7, 11) is 1.18. The Balaban J connectivity index is 2.91. The van der Waals surface area contributed by atoms with Crippen LogP contribution >= 0.6 is 24.0 Å². The molecule has 0 aromatic heterocycles. The van der Waals surface area contributed by atoms with Crippen LogP contribution in [0, 0.1) is 22.5 Å². The van der Waals surface area contributed by atoms with Crippen LogP contribution in [0.4, 0.5) is 16.2 Å². The zero-order chi connectivity index (χ0) is 15.8. The molecule has 1 aromatic rings. The fraction of sp³-hybridized carbons (Fsp3) is 0.167. The quantitative estimate of drug-likeness (QED) is 0.288. The number of rotatable bonds is 4. The van der Waals surface area contributed by atoms with Gasteiger partial charge in [0, 0.05) is 11.0 Å². The first-order chi connectivity index (χ1) is 9.97. The zero-order valence-electron chi connectivity index (χ0n) is 10.9. The van der Waals surface area contributed by atoms with Gasteiger partial charge in [-0.3, -0.25) is 15.4 Å². The number of hydrogen-bond donors (Lipinski definition) is 2. The predicted molar refractivity (Wildman–Crippen MR) is 84.4 cm³/mol. The van der Waals surface area contributed by atoms with Gasteiger partial charge in [-0.2, -0.15) is 0 Å². The monoisotopic (exact) mass is 325 g/mol. The molecule has 7 nitrogen and oxygen atoms in total. The van der Waals surface area contributed by atoms with Crippen LogP contribution in [0.25, 0.3) is 0 Å². The molecule has 21 heavy (non-hydrogen) atoms. The number of ether oxygens (including phenoxy) is 1. The van der Waals surface area contributed by atoms with Crippen LogP contribution < -0.4 is 10.6 Å². The molecule has 0 aliphatic carbocycles. The molecule has 0 saturated carbocycles. The molecule has 9 heteroatoms. The lowest BCUT2D eigenvalue weighted by atomic mass is 10.2. The van der Waals surface area contributed by atoms with E-state index in [1.807, 2.05) is 0 Å². The number of methoxy groups -OCH3 is 1. The minimum atomic E-state index is -0.767.